The van der Waals surface area contributed by atoms with Gasteiger partial charge in [-0.15, -0.1) is 11.3 Å². The first-order valence-corrected chi connectivity index (χ1v) is 11.6. The number of hydrogen-bond acceptors (Lipinski definition) is 6. The van der Waals surface area contributed by atoms with Gasteiger partial charge in [-0.1, -0.05) is 62.2 Å². The second-order valence-corrected chi connectivity index (χ2v) is 8.76. The lowest BCUT2D eigenvalue weighted by Crippen LogP contribution is -2.19. The number of carbonyl (C=O) groups excluding carboxylic acids is 1. The average molecular weight is 428 g/mol. The number of amides is 1. The monoisotopic (exact) mass is 427 g/mol. The molecule has 0 fully saturated rings. The van der Waals surface area contributed by atoms with Crippen molar-refractivity contribution >= 4 is 45.4 Å². The molecule has 0 saturated carbocycles. The van der Waals surface area contributed by atoms with Gasteiger partial charge in [-0.05, 0) is 36.2 Å². The molecule has 152 valence electrons. The van der Waals surface area contributed by atoms with Gasteiger partial charge in [0.25, 0.3) is 5.91 Å². The van der Waals surface area contributed by atoms with Crippen LogP contribution in [0.25, 0.3) is 10.2 Å². The van der Waals surface area contributed by atoms with Crippen LogP contribution in [0.5, 0.6) is 5.75 Å². The number of benzene rings is 2. The number of rotatable bonds is 11. The van der Waals surface area contributed by atoms with Crippen LogP contribution >= 0.6 is 23.1 Å². The average Bonchev–Trinajstić information content (AvgIpc) is 3.15. The van der Waals surface area contributed by atoms with Crippen molar-refractivity contribution < 1.29 is 9.53 Å². The Morgan fingerprint density at radius 3 is 2.97 bits per heavy atom. The Kier molecular flexibility index (Phi) is 8.52. The van der Waals surface area contributed by atoms with E-state index in [4.69, 9.17) is 4.74 Å². The zero-order chi connectivity index (χ0) is 20.3. The molecule has 0 unspecified atom stereocenters. The van der Waals surface area contributed by atoms with E-state index >= 15 is 0 Å². The molecular weight excluding hydrogens is 402 g/mol. The number of fused-ring (bicyclic) bond motifs is 1. The van der Waals surface area contributed by atoms with Gasteiger partial charge in [0.1, 0.15) is 5.75 Å². The minimum absolute atomic E-state index is 0.158. The molecule has 7 heteroatoms. The van der Waals surface area contributed by atoms with Gasteiger partial charge < -0.3 is 4.74 Å². The molecule has 29 heavy (non-hydrogen) atoms. The van der Waals surface area contributed by atoms with Crippen LogP contribution in [0.2, 0.25) is 0 Å². The molecule has 0 atom stereocenters. The van der Waals surface area contributed by atoms with E-state index < -0.39 is 0 Å². The summed E-state index contributed by atoms with van der Waals surface area (Å²) in [4.78, 5) is 16.5. The quantitative estimate of drug-likeness (QED) is 0.190. The summed E-state index contributed by atoms with van der Waals surface area (Å²) in [6, 6.07) is 15.7. The zero-order valence-corrected chi connectivity index (χ0v) is 18.1. The predicted octanol–water partition coefficient (Wildman–Crippen LogP) is 5.50. The fourth-order valence-electron chi connectivity index (χ4n) is 2.65. The van der Waals surface area contributed by atoms with Crippen LogP contribution in [0.4, 0.5) is 0 Å². The van der Waals surface area contributed by atoms with Crippen LogP contribution in [0, 0.1) is 0 Å². The second-order valence-electron chi connectivity index (χ2n) is 6.51. The van der Waals surface area contributed by atoms with E-state index in [1.54, 1.807) is 17.6 Å². The lowest BCUT2D eigenvalue weighted by molar-refractivity contribution is -0.118. The Morgan fingerprint density at radius 2 is 2.10 bits per heavy atom. The molecule has 0 aliphatic heterocycles. The minimum atomic E-state index is -0.158. The number of para-hydroxylation sites is 1. The van der Waals surface area contributed by atoms with Crippen molar-refractivity contribution in [2.45, 2.75) is 36.9 Å². The molecule has 5 nitrogen and oxygen atoms in total. The van der Waals surface area contributed by atoms with E-state index in [-0.39, 0.29) is 11.7 Å². The number of unbranched alkanes of at least 4 members (excludes halogenated alkanes) is 3. The summed E-state index contributed by atoms with van der Waals surface area (Å²) in [5, 5.41) is 4.05. The molecule has 0 bridgehead atoms. The fraction of sp³-hybridized carbons (Fsp3) is 0.318. The fourth-order valence-corrected chi connectivity index (χ4v) is 4.52. The normalized spacial score (nSPS) is 11.2. The van der Waals surface area contributed by atoms with Gasteiger partial charge in [0.15, 0.2) is 4.34 Å². The van der Waals surface area contributed by atoms with E-state index in [1.165, 1.54) is 31.0 Å². The summed E-state index contributed by atoms with van der Waals surface area (Å²) in [5.74, 6) is 0.940. The number of nitrogens with one attached hydrogen (secondary N) is 1. The number of ether oxygens (including phenoxy) is 1. The molecule has 1 heterocycles. The zero-order valence-electron chi connectivity index (χ0n) is 16.5. The Balaban J connectivity index is 1.41. The highest BCUT2D eigenvalue weighted by atomic mass is 32.2. The standard InChI is InChI=1S/C22H25N3O2S2/c1-2-3-4-7-13-27-18-10-8-9-17(14-18)15-23-25-21(26)16-28-22-24-19-11-5-6-12-20(19)29-22/h5-6,8-12,14-15H,2-4,7,13,16H2,1H3,(H,25,26)/b23-15+. The Hall–Kier alpha value is -2.38. The maximum Gasteiger partial charge on any atom is 0.250 e. The molecular formula is C22H25N3O2S2. The van der Waals surface area contributed by atoms with Crippen molar-refractivity contribution in [1.82, 2.24) is 10.4 Å². The van der Waals surface area contributed by atoms with E-state index in [1.807, 2.05) is 48.5 Å². The van der Waals surface area contributed by atoms with Crippen LogP contribution in [0.3, 0.4) is 0 Å². The highest BCUT2D eigenvalue weighted by Crippen LogP contribution is 2.29. The maximum absolute atomic E-state index is 12.0. The van der Waals surface area contributed by atoms with Gasteiger partial charge in [0.05, 0.1) is 28.8 Å². The first kappa shape index (κ1) is 21.3. The van der Waals surface area contributed by atoms with Crippen molar-refractivity contribution in [3.05, 3.63) is 54.1 Å². The van der Waals surface area contributed by atoms with Gasteiger partial charge in [-0.2, -0.15) is 5.10 Å². The van der Waals surface area contributed by atoms with Crippen molar-refractivity contribution in [3.63, 3.8) is 0 Å². The summed E-state index contributed by atoms with van der Waals surface area (Å²) in [5.41, 5.74) is 4.41. The molecule has 3 rings (SSSR count). The first-order valence-electron chi connectivity index (χ1n) is 9.78. The molecule has 0 saturated heterocycles. The number of nitrogens with zero attached hydrogens (tertiary/aromatic N) is 2. The third kappa shape index (κ3) is 7.18. The summed E-state index contributed by atoms with van der Waals surface area (Å²) in [6.07, 6.45) is 6.35. The van der Waals surface area contributed by atoms with E-state index in [0.717, 1.165) is 38.9 Å². The second kappa shape index (κ2) is 11.6. The van der Waals surface area contributed by atoms with Crippen LogP contribution in [0.1, 0.15) is 38.2 Å². The topological polar surface area (TPSA) is 63.6 Å². The Labute approximate surface area is 179 Å². The summed E-state index contributed by atoms with van der Waals surface area (Å²) in [6.45, 7) is 2.92. The molecule has 1 aromatic heterocycles. The molecule has 3 aromatic rings. The largest absolute Gasteiger partial charge is 0.494 e. The highest BCUT2D eigenvalue weighted by Gasteiger charge is 2.07. The molecule has 0 spiro atoms. The third-order valence-electron chi connectivity index (χ3n) is 4.13. The lowest BCUT2D eigenvalue weighted by Gasteiger charge is -2.06. The Morgan fingerprint density at radius 1 is 1.21 bits per heavy atom. The SMILES string of the molecule is CCCCCCOc1cccc(/C=N/NC(=O)CSc2nc3ccccc3s2)c1. The highest BCUT2D eigenvalue weighted by molar-refractivity contribution is 8.01. The lowest BCUT2D eigenvalue weighted by atomic mass is 10.2. The van der Waals surface area contributed by atoms with Crippen LogP contribution in [-0.4, -0.2) is 29.5 Å². The summed E-state index contributed by atoms with van der Waals surface area (Å²) < 4.78 is 7.78. The van der Waals surface area contributed by atoms with Crippen molar-refractivity contribution in [1.29, 1.82) is 0 Å². The number of thioether (sulfide) groups is 1. The van der Waals surface area contributed by atoms with Crippen molar-refractivity contribution in [2.24, 2.45) is 5.10 Å². The van der Waals surface area contributed by atoms with Gasteiger partial charge in [-0.3, -0.25) is 4.79 Å². The summed E-state index contributed by atoms with van der Waals surface area (Å²) in [7, 11) is 0. The number of carbonyl (C=O) groups is 1. The van der Waals surface area contributed by atoms with E-state index in [2.05, 4.69) is 22.4 Å². The van der Waals surface area contributed by atoms with Gasteiger partial charge >= 0.3 is 0 Å². The molecule has 0 aliphatic rings. The van der Waals surface area contributed by atoms with Gasteiger partial charge in [0, 0.05) is 0 Å². The van der Waals surface area contributed by atoms with E-state index in [0.29, 0.717) is 0 Å². The molecule has 2 aromatic carbocycles. The molecule has 0 aliphatic carbocycles. The number of hydrogen-bond donors (Lipinski definition) is 1. The number of hydrazone groups is 1. The molecule has 1 N–H and O–H groups in total. The molecule has 1 amide bonds. The predicted molar refractivity (Wildman–Crippen MR) is 122 cm³/mol. The van der Waals surface area contributed by atoms with Crippen molar-refractivity contribution in [3.8, 4) is 5.75 Å². The third-order valence-corrected chi connectivity index (χ3v) is 6.31. The maximum atomic E-state index is 12.0. The minimum Gasteiger partial charge on any atom is -0.494 e. The number of thiazole rings is 1. The van der Waals surface area contributed by atoms with Gasteiger partial charge in [0.2, 0.25) is 0 Å². The van der Waals surface area contributed by atoms with E-state index in [9.17, 15) is 4.79 Å². The first-order chi connectivity index (χ1) is 14.2. The van der Waals surface area contributed by atoms with Crippen LogP contribution in [0.15, 0.2) is 58.0 Å². The van der Waals surface area contributed by atoms with Gasteiger partial charge in [-0.25, -0.2) is 10.4 Å². The van der Waals surface area contributed by atoms with Crippen LogP contribution < -0.4 is 10.2 Å². The van der Waals surface area contributed by atoms with Crippen LogP contribution in [-0.2, 0) is 4.79 Å². The number of aromatic nitrogens is 1. The van der Waals surface area contributed by atoms with Crippen molar-refractivity contribution in [2.75, 3.05) is 12.4 Å². The smallest absolute Gasteiger partial charge is 0.250 e. The summed E-state index contributed by atoms with van der Waals surface area (Å²) >= 11 is 3.01. The Bertz CT molecular complexity index is 923. The molecule has 0 radical (unpaired) electrons.